The molecule has 1 aromatic carbocycles. The predicted molar refractivity (Wildman–Crippen MR) is 79.5 cm³/mol. The molecule has 1 aromatic rings. The van der Waals surface area contributed by atoms with Crippen molar-refractivity contribution in [1.29, 1.82) is 0 Å². The molecular formula is C16H28N2. The normalized spacial score (nSPS) is 13.6. The van der Waals surface area contributed by atoms with Crippen molar-refractivity contribution in [2.24, 2.45) is 17.6 Å². The van der Waals surface area contributed by atoms with Gasteiger partial charge < -0.3 is 10.6 Å². The molecule has 0 saturated carbocycles. The van der Waals surface area contributed by atoms with Crippen molar-refractivity contribution in [2.75, 3.05) is 19.6 Å². The topological polar surface area (TPSA) is 29.3 Å². The second-order valence-electron chi connectivity index (χ2n) is 6.02. The van der Waals surface area contributed by atoms with E-state index >= 15 is 0 Å². The zero-order valence-corrected chi connectivity index (χ0v) is 12.3. The van der Waals surface area contributed by atoms with E-state index in [0.29, 0.717) is 11.8 Å². The maximum atomic E-state index is 6.31. The van der Waals surface area contributed by atoms with Crippen LogP contribution < -0.4 is 5.73 Å². The summed E-state index contributed by atoms with van der Waals surface area (Å²) in [6.45, 7) is 12.3. The molecule has 18 heavy (non-hydrogen) atoms. The van der Waals surface area contributed by atoms with Gasteiger partial charge in [0, 0.05) is 25.7 Å². The molecule has 2 N–H and O–H groups in total. The van der Waals surface area contributed by atoms with Crippen molar-refractivity contribution in [3.8, 4) is 0 Å². The molecule has 0 aliphatic rings. The minimum atomic E-state index is 0.115. The summed E-state index contributed by atoms with van der Waals surface area (Å²) in [4.78, 5) is 2.49. The number of rotatable bonds is 7. The van der Waals surface area contributed by atoms with Gasteiger partial charge in [0.05, 0.1) is 0 Å². The first-order valence-electron chi connectivity index (χ1n) is 7.02. The van der Waals surface area contributed by atoms with E-state index in [1.165, 1.54) is 5.56 Å². The molecule has 0 unspecified atom stereocenters. The quantitative estimate of drug-likeness (QED) is 0.802. The van der Waals surface area contributed by atoms with Gasteiger partial charge in [-0.05, 0) is 17.4 Å². The minimum absolute atomic E-state index is 0.115. The van der Waals surface area contributed by atoms with E-state index in [1.54, 1.807) is 0 Å². The van der Waals surface area contributed by atoms with Crippen molar-refractivity contribution in [1.82, 2.24) is 4.90 Å². The fourth-order valence-electron chi connectivity index (χ4n) is 2.34. The van der Waals surface area contributed by atoms with Gasteiger partial charge in [0.15, 0.2) is 0 Å². The molecule has 0 amide bonds. The Hall–Kier alpha value is -0.860. The Balaban J connectivity index is 2.59. The highest BCUT2D eigenvalue weighted by molar-refractivity contribution is 5.18. The first-order chi connectivity index (χ1) is 8.49. The SMILES string of the molecule is CC(C)CN(CC(C)C)C[C@H](N)c1ccccc1. The molecule has 2 heteroatoms. The van der Waals surface area contributed by atoms with E-state index in [-0.39, 0.29) is 6.04 Å². The lowest BCUT2D eigenvalue weighted by Gasteiger charge is -2.28. The van der Waals surface area contributed by atoms with Gasteiger partial charge in [-0.25, -0.2) is 0 Å². The fourth-order valence-corrected chi connectivity index (χ4v) is 2.34. The zero-order chi connectivity index (χ0) is 13.5. The summed E-state index contributed by atoms with van der Waals surface area (Å²) in [6, 6.07) is 10.5. The number of benzene rings is 1. The molecule has 0 radical (unpaired) electrons. The van der Waals surface area contributed by atoms with Crippen LogP contribution in [-0.4, -0.2) is 24.5 Å². The second kappa shape index (κ2) is 7.55. The zero-order valence-electron chi connectivity index (χ0n) is 12.3. The van der Waals surface area contributed by atoms with Crippen LogP contribution in [0.4, 0.5) is 0 Å². The summed E-state index contributed by atoms with van der Waals surface area (Å²) in [5.74, 6) is 1.37. The van der Waals surface area contributed by atoms with Crippen LogP contribution in [0.2, 0.25) is 0 Å². The van der Waals surface area contributed by atoms with Gasteiger partial charge in [-0.2, -0.15) is 0 Å². The van der Waals surface area contributed by atoms with Gasteiger partial charge >= 0.3 is 0 Å². The van der Waals surface area contributed by atoms with Gasteiger partial charge in [0.1, 0.15) is 0 Å². The maximum Gasteiger partial charge on any atom is 0.0424 e. The molecule has 2 nitrogen and oxygen atoms in total. The van der Waals surface area contributed by atoms with Gasteiger partial charge in [-0.3, -0.25) is 0 Å². The molecule has 0 bridgehead atoms. The Labute approximate surface area is 112 Å². The third kappa shape index (κ3) is 5.65. The van der Waals surface area contributed by atoms with Crippen LogP contribution >= 0.6 is 0 Å². The average Bonchev–Trinajstić information content (AvgIpc) is 2.28. The molecule has 0 saturated heterocycles. The predicted octanol–water partition coefficient (Wildman–Crippen LogP) is 3.30. The molecule has 0 heterocycles. The van der Waals surface area contributed by atoms with E-state index in [0.717, 1.165) is 19.6 Å². The van der Waals surface area contributed by atoms with Crippen LogP contribution in [0.15, 0.2) is 30.3 Å². The monoisotopic (exact) mass is 248 g/mol. The lowest BCUT2D eigenvalue weighted by atomic mass is 10.1. The van der Waals surface area contributed by atoms with Gasteiger partial charge in [-0.1, -0.05) is 58.0 Å². The Bertz CT molecular complexity index is 309. The molecule has 0 aliphatic heterocycles. The molecule has 0 aromatic heterocycles. The molecule has 0 aliphatic carbocycles. The van der Waals surface area contributed by atoms with Crippen molar-refractivity contribution in [2.45, 2.75) is 33.7 Å². The van der Waals surface area contributed by atoms with Crippen molar-refractivity contribution < 1.29 is 0 Å². The minimum Gasteiger partial charge on any atom is -0.323 e. The summed E-state index contributed by atoms with van der Waals surface area (Å²) in [7, 11) is 0. The highest BCUT2D eigenvalue weighted by Crippen LogP contribution is 2.13. The summed E-state index contributed by atoms with van der Waals surface area (Å²) >= 11 is 0. The highest BCUT2D eigenvalue weighted by atomic mass is 15.1. The Morgan fingerprint density at radius 1 is 0.889 bits per heavy atom. The standard InChI is InChI=1S/C16H28N2/c1-13(2)10-18(11-14(3)4)12-16(17)15-8-6-5-7-9-15/h5-9,13-14,16H,10-12,17H2,1-4H3/t16-/m0/s1. The summed E-state index contributed by atoms with van der Waals surface area (Å²) in [5.41, 5.74) is 7.54. The molecule has 0 spiro atoms. The number of nitrogens with two attached hydrogens (primary N) is 1. The van der Waals surface area contributed by atoms with Crippen molar-refractivity contribution in [3.63, 3.8) is 0 Å². The van der Waals surface area contributed by atoms with E-state index in [4.69, 9.17) is 5.73 Å². The lowest BCUT2D eigenvalue weighted by molar-refractivity contribution is 0.207. The Morgan fingerprint density at radius 3 is 1.83 bits per heavy atom. The molecule has 1 rings (SSSR count). The summed E-state index contributed by atoms with van der Waals surface area (Å²) in [5, 5.41) is 0. The van der Waals surface area contributed by atoms with Gasteiger partial charge in [0.25, 0.3) is 0 Å². The third-order valence-corrected chi connectivity index (χ3v) is 2.93. The Kier molecular flexibility index (Phi) is 6.37. The summed E-state index contributed by atoms with van der Waals surface area (Å²) < 4.78 is 0. The smallest absolute Gasteiger partial charge is 0.0424 e. The Morgan fingerprint density at radius 2 is 1.39 bits per heavy atom. The van der Waals surface area contributed by atoms with E-state index < -0.39 is 0 Å². The van der Waals surface area contributed by atoms with Crippen LogP contribution in [0, 0.1) is 11.8 Å². The summed E-state index contributed by atoms with van der Waals surface area (Å²) in [6.07, 6.45) is 0. The first kappa shape index (κ1) is 15.2. The van der Waals surface area contributed by atoms with Crippen LogP contribution in [0.25, 0.3) is 0 Å². The average molecular weight is 248 g/mol. The van der Waals surface area contributed by atoms with Crippen molar-refractivity contribution >= 4 is 0 Å². The highest BCUT2D eigenvalue weighted by Gasteiger charge is 2.14. The number of hydrogen-bond acceptors (Lipinski definition) is 2. The third-order valence-electron chi connectivity index (χ3n) is 2.93. The maximum absolute atomic E-state index is 6.31. The van der Waals surface area contributed by atoms with Crippen LogP contribution in [-0.2, 0) is 0 Å². The van der Waals surface area contributed by atoms with Crippen LogP contribution in [0.5, 0.6) is 0 Å². The number of hydrogen-bond donors (Lipinski definition) is 1. The molecule has 1 atom stereocenters. The van der Waals surface area contributed by atoms with E-state index in [1.807, 2.05) is 6.07 Å². The van der Waals surface area contributed by atoms with Crippen LogP contribution in [0.1, 0.15) is 39.3 Å². The largest absolute Gasteiger partial charge is 0.323 e. The fraction of sp³-hybridized carbons (Fsp3) is 0.625. The first-order valence-corrected chi connectivity index (χ1v) is 7.02. The lowest BCUT2D eigenvalue weighted by Crippen LogP contribution is -2.37. The second-order valence-corrected chi connectivity index (χ2v) is 6.02. The van der Waals surface area contributed by atoms with Gasteiger partial charge in [-0.15, -0.1) is 0 Å². The van der Waals surface area contributed by atoms with E-state index in [9.17, 15) is 0 Å². The number of nitrogens with zero attached hydrogens (tertiary/aromatic N) is 1. The van der Waals surface area contributed by atoms with Gasteiger partial charge in [0.2, 0.25) is 0 Å². The molecular weight excluding hydrogens is 220 g/mol. The van der Waals surface area contributed by atoms with Crippen LogP contribution in [0.3, 0.4) is 0 Å². The van der Waals surface area contributed by atoms with Crippen molar-refractivity contribution in [3.05, 3.63) is 35.9 Å². The molecule has 102 valence electrons. The molecule has 0 fully saturated rings. The van der Waals surface area contributed by atoms with E-state index in [2.05, 4.69) is 56.9 Å².